The first kappa shape index (κ1) is 23.1. The van der Waals surface area contributed by atoms with Gasteiger partial charge in [-0.15, -0.1) is 5.76 Å². The van der Waals surface area contributed by atoms with Crippen molar-refractivity contribution in [1.82, 2.24) is 10.2 Å². The van der Waals surface area contributed by atoms with E-state index in [2.05, 4.69) is 34.6 Å². The molecule has 5 rings (SSSR count). The molecule has 7 nitrogen and oxygen atoms in total. The number of hydrogen-bond donors (Lipinski definition) is 1. The van der Waals surface area contributed by atoms with Gasteiger partial charge in [-0.2, -0.15) is 0 Å². The molecule has 1 atom stereocenters. The number of nitrogens with one attached hydrogen (secondary N) is 1. The van der Waals surface area contributed by atoms with Gasteiger partial charge in [-0.05, 0) is 66.9 Å². The lowest BCUT2D eigenvalue weighted by molar-refractivity contribution is -0.315. The van der Waals surface area contributed by atoms with Gasteiger partial charge < -0.3 is 20.4 Å². The smallest absolute Gasteiger partial charge is 0.254 e. The minimum Gasteiger partial charge on any atom is -0.874 e. The van der Waals surface area contributed by atoms with Crippen molar-refractivity contribution in [2.45, 2.75) is 69.6 Å². The van der Waals surface area contributed by atoms with Crippen molar-refractivity contribution < 1.29 is 19.8 Å². The summed E-state index contributed by atoms with van der Waals surface area (Å²) >= 11 is 0. The maximum atomic E-state index is 12.8. The van der Waals surface area contributed by atoms with Gasteiger partial charge in [0.25, 0.3) is 5.91 Å². The number of allylic oxidation sites excluding steroid dienone is 1. The third-order valence-corrected chi connectivity index (χ3v) is 7.40. The summed E-state index contributed by atoms with van der Waals surface area (Å²) in [5, 5.41) is 27.7. The molecule has 0 radical (unpaired) electrons. The number of hydrogen-bond acceptors (Lipinski definition) is 5. The Morgan fingerprint density at radius 2 is 1.80 bits per heavy atom. The summed E-state index contributed by atoms with van der Waals surface area (Å²) in [6, 6.07) is 15.2. The molecule has 1 saturated carbocycles. The van der Waals surface area contributed by atoms with Crippen LogP contribution in [0.2, 0.25) is 0 Å². The second kappa shape index (κ2) is 9.94. The number of ketones is 1. The van der Waals surface area contributed by atoms with Crippen LogP contribution in [0.25, 0.3) is 0 Å². The molecule has 0 saturated heterocycles. The highest BCUT2D eigenvalue weighted by Gasteiger charge is 2.33. The fraction of sp³-hybridized carbons (Fsp3) is 0.393. The molecule has 0 spiro atoms. The molecular formula is C28H29N3O4-2. The van der Waals surface area contributed by atoms with Crippen molar-refractivity contribution in [3.05, 3.63) is 82.6 Å². The van der Waals surface area contributed by atoms with Crippen molar-refractivity contribution in [3.8, 4) is 0 Å². The van der Waals surface area contributed by atoms with Crippen LogP contribution in [0.5, 0.6) is 0 Å². The number of aliphatic imine (C=N–C) groups is 1. The molecule has 1 unspecified atom stereocenters. The highest BCUT2D eigenvalue weighted by Crippen LogP contribution is 2.33. The lowest BCUT2D eigenvalue weighted by atomic mass is 9.82. The van der Waals surface area contributed by atoms with Crippen molar-refractivity contribution in [3.63, 3.8) is 0 Å². The highest BCUT2D eigenvalue weighted by molar-refractivity contribution is 5.99. The Morgan fingerprint density at radius 1 is 1.03 bits per heavy atom. The van der Waals surface area contributed by atoms with Crippen molar-refractivity contribution >= 4 is 17.7 Å². The van der Waals surface area contributed by atoms with Crippen LogP contribution in [0.15, 0.2) is 65.4 Å². The summed E-state index contributed by atoms with van der Waals surface area (Å²) in [5.74, 6) is -0.111. The number of rotatable bonds is 5. The standard InChI is InChI=1S/C28H31N3O4/c32-23-11-13-25(26(33)15-23)31-17-21-14-18(6-12-24(21)27(31)34)16-29-28(35)30-22-9-7-20(8-10-22)19-4-2-1-3-5-19/h1-6,12,14-15,20,22,25,33H,7-11,13,16-17H2,(H2,29,30,35)/p-2. The fourth-order valence-corrected chi connectivity index (χ4v) is 5.48. The third kappa shape index (κ3) is 5.09. The fourth-order valence-electron chi connectivity index (χ4n) is 5.48. The largest absolute Gasteiger partial charge is 0.874 e. The SMILES string of the molecule is O=C1C=C([O-])C(N2Cc3cc(CN=C([O-])NC4CCC(c5ccccc5)CC4)ccc3C2=O)CC1. The van der Waals surface area contributed by atoms with Gasteiger partial charge in [-0.3, -0.25) is 14.6 Å². The maximum absolute atomic E-state index is 12.8. The molecule has 2 aliphatic carbocycles. The van der Waals surface area contributed by atoms with E-state index in [-0.39, 0.29) is 42.5 Å². The van der Waals surface area contributed by atoms with Gasteiger partial charge in [0.2, 0.25) is 0 Å². The highest BCUT2D eigenvalue weighted by atomic mass is 16.3. The topological polar surface area (TPSA) is 108 Å². The molecule has 182 valence electrons. The number of benzene rings is 2. The Labute approximate surface area is 205 Å². The Bertz CT molecular complexity index is 1170. The van der Waals surface area contributed by atoms with Gasteiger partial charge in [0, 0.05) is 36.6 Å². The monoisotopic (exact) mass is 471 g/mol. The first-order valence-corrected chi connectivity index (χ1v) is 12.3. The van der Waals surface area contributed by atoms with Crippen LogP contribution >= 0.6 is 0 Å². The average molecular weight is 472 g/mol. The van der Waals surface area contributed by atoms with Crippen molar-refractivity contribution in [1.29, 1.82) is 0 Å². The van der Waals surface area contributed by atoms with Crippen LogP contribution in [0, 0.1) is 0 Å². The van der Waals surface area contributed by atoms with E-state index in [1.54, 1.807) is 17.0 Å². The molecular weight excluding hydrogens is 442 g/mol. The molecule has 1 aliphatic heterocycles. The lowest BCUT2D eigenvalue weighted by Crippen LogP contribution is -2.43. The zero-order valence-corrected chi connectivity index (χ0v) is 19.6. The molecule has 1 N–H and O–H groups in total. The second-order valence-electron chi connectivity index (χ2n) is 9.72. The zero-order valence-electron chi connectivity index (χ0n) is 19.6. The van der Waals surface area contributed by atoms with Gasteiger partial charge >= 0.3 is 0 Å². The molecule has 7 heteroatoms. The van der Waals surface area contributed by atoms with Crippen LogP contribution in [-0.4, -0.2) is 34.7 Å². The molecule has 1 fully saturated rings. The quantitative estimate of drug-likeness (QED) is 0.531. The Morgan fingerprint density at radius 3 is 2.54 bits per heavy atom. The van der Waals surface area contributed by atoms with E-state index in [0.29, 0.717) is 24.4 Å². The maximum Gasteiger partial charge on any atom is 0.254 e. The summed E-state index contributed by atoms with van der Waals surface area (Å²) in [6.45, 7) is 0.564. The van der Waals surface area contributed by atoms with Crippen LogP contribution in [0.3, 0.4) is 0 Å². The predicted octanol–water partition coefficient (Wildman–Crippen LogP) is 2.15. The number of amides is 1. The number of amidine groups is 1. The summed E-state index contributed by atoms with van der Waals surface area (Å²) in [4.78, 5) is 30.0. The van der Waals surface area contributed by atoms with Crippen molar-refractivity contribution in [2.24, 2.45) is 4.99 Å². The number of carbonyl (C=O) groups excluding carboxylic acids is 2. The molecule has 0 bridgehead atoms. The van der Waals surface area contributed by atoms with E-state index in [1.807, 2.05) is 12.1 Å². The normalized spacial score (nSPS) is 24.8. The van der Waals surface area contributed by atoms with E-state index in [9.17, 15) is 19.8 Å². The second-order valence-corrected chi connectivity index (χ2v) is 9.72. The summed E-state index contributed by atoms with van der Waals surface area (Å²) in [5.41, 5.74) is 3.61. The van der Waals surface area contributed by atoms with E-state index in [0.717, 1.165) is 42.9 Å². The van der Waals surface area contributed by atoms with Gasteiger partial charge in [0.05, 0.1) is 6.54 Å². The van der Waals surface area contributed by atoms with E-state index in [1.165, 1.54) is 5.56 Å². The van der Waals surface area contributed by atoms with Crippen LogP contribution < -0.4 is 15.5 Å². The van der Waals surface area contributed by atoms with Gasteiger partial charge in [-0.25, -0.2) is 0 Å². The zero-order chi connectivity index (χ0) is 24.4. The number of carbonyl (C=O) groups is 2. The number of nitrogens with zero attached hydrogens (tertiary/aromatic N) is 2. The first-order valence-electron chi connectivity index (χ1n) is 12.3. The van der Waals surface area contributed by atoms with Gasteiger partial charge in [0.15, 0.2) is 5.78 Å². The Hall–Kier alpha value is -3.61. The summed E-state index contributed by atoms with van der Waals surface area (Å²) in [6.07, 6.45) is 5.76. The molecule has 2 aromatic carbocycles. The van der Waals surface area contributed by atoms with Gasteiger partial charge in [0.1, 0.15) is 0 Å². The molecule has 0 aromatic heterocycles. The van der Waals surface area contributed by atoms with Crippen molar-refractivity contribution in [2.75, 3.05) is 0 Å². The average Bonchev–Trinajstić information content (AvgIpc) is 3.19. The molecule has 1 heterocycles. The Kier molecular flexibility index (Phi) is 6.57. The molecule has 35 heavy (non-hydrogen) atoms. The third-order valence-electron chi connectivity index (χ3n) is 7.40. The van der Waals surface area contributed by atoms with Crippen LogP contribution in [-0.2, 0) is 17.9 Å². The van der Waals surface area contributed by atoms with Crippen LogP contribution in [0.1, 0.15) is 71.5 Å². The lowest BCUT2D eigenvalue weighted by Gasteiger charge is -2.35. The van der Waals surface area contributed by atoms with Gasteiger partial charge in [-0.1, -0.05) is 42.5 Å². The van der Waals surface area contributed by atoms with E-state index < -0.39 is 6.04 Å². The minimum absolute atomic E-state index is 0.147. The van der Waals surface area contributed by atoms with E-state index in [4.69, 9.17) is 0 Å². The Balaban J connectivity index is 1.16. The predicted molar refractivity (Wildman–Crippen MR) is 128 cm³/mol. The van der Waals surface area contributed by atoms with E-state index >= 15 is 0 Å². The minimum atomic E-state index is -0.580. The summed E-state index contributed by atoms with van der Waals surface area (Å²) < 4.78 is 0. The first-order chi connectivity index (χ1) is 17.0. The molecule has 1 amide bonds. The molecule has 3 aliphatic rings. The van der Waals surface area contributed by atoms with Crippen LogP contribution in [0.4, 0.5) is 0 Å². The molecule has 2 aromatic rings. The summed E-state index contributed by atoms with van der Waals surface area (Å²) in [7, 11) is 0. The number of fused-ring (bicyclic) bond motifs is 1.